The fraction of sp³-hybridized carbons (Fsp3) is 0.476. The largest absolute Gasteiger partial charge is 0.366 e. The molecular formula is C42H52F4N8O2S. The van der Waals surface area contributed by atoms with E-state index in [-0.39, 0.29) is 23.3 Å². The monoisotopic (exact) mass is 808 g/mol. The van der Waals surface area contributed by atoms with Gasteiger partial charge in [-0.25, -0.2) is 37.5 Å². The molecule has 4 aromatic rings. The minimum absolute atomic E-state index is 0.00717. The van der Waals surface area contributed by atoms with Crippen LogP contribution < -0.4 is 5.32 Å². The number of nitrogens with zero attached hydrogens (tertiary/aromatic N) is 7. The van der Waals surface area contributed by atoms with Crippen molar-refractivity contribution in [3.8, 4) is 0 Å². The molecule has 1 atom stereocenters. The highest BCUT2D eigenvalue weighted by molar-refractivity contribution is 7.99. The first-order chi connectivity index (χ1) is 27.7. The van der Waals surface area contributed by atoms with Gasteiger partial charge in [0.05, 0.1) is 5.75 Å². The average molecular weight is 809 g/mol. The Bertz CT molecular complexity index is 1870. The Morgan fingerprint density at radius 1 is 0.772 bits per heavy atom. The average Bonchev–Trinajstić information content (AvgIpc) is 3.96. The highest BCUT2D eigenvalue weighted by Crippen LogP contribution is 2.28. The van der Waals surface area contributed by atoms with Gasteiger partial charge in [-0.2, -0.15) is 0 Å². The van der Waals surface area contributed by atoms with Gasteiger partial charge in [-0.15, -0.1) is 0 Å². The molecule has 3 aliphatic rings. The lowest BCUT2D eigenvalue weighted by molar-refractivity contribution is -0.127. The molecule has 306 valence electrons. The maximum absolute atomic E-state index is 13.5. The Hall–Kier alpha value is -4.63. The number of anilines is 1. The standard InChI is InChI=1S/C22H24F2N4O2S.C18H22F2N4.C2H6/c23-17-10-16(11-18(24)12-17)21(30)28-9-3-4-15(13-28)19-5-6-25-22(26-19)31-14-20(29)27-7-1-2-8-27;19-15-10-14(11-16(20)12-15)13-22-18-5-6-21-17(23-18)4-3-9-24-7-1-2-8-24;1-2/h5-6,10-12,15H,1-4,7-9,13-14H2;5-6,10-12H,1-4,7-9,13H2,(H,21,22,23);1-2H3. The van der Waals surface area contributed by atoms with Crippen molar-refractivity contribution >= 4 is 29.4 Å². The highest BCUT2D eigenvalue weighted by Gasteiger charge is 2.27. The van der Waals surface area contributed by atoms with Crippen LogP contribution >= 0.6 is 11.8 Å². The second-order valence-electron chi connectivity index (χ2n) is 14.0. The molecular weight excluding hydrogens is 757 g/mol. The van der Waals surface area contributed by atoms with E-state index < -0.39 is 23.3 Å². The molecule has 0 radical (unpaired) electrons. The van der Waals surface area contributed by atoms with E-state index in [1.54, 1.807) is 23.4 Å². The van der Waals surface area contributed by atoms with Gasteiger partial charge in [-0.3, -0.25) is 9.59 Å². The molecule has 0 spiro atoms. The second kappa shape index (κ2) is 22.3. The van der Waals surface area contributed by atoms with Crippen molar-refractivity contribution in [2.24, 2.45) is 0 Å². The number of carbonyl (C=O) groups excluding carboxylic acids is 2. The lowest BCUT2D eigenvalue weighted by atomic mass is 9.94. The van der Waals surface area contributed by atoms with E-state index in [4.69, 9.17) is 0 Å². The van der Waals surface area contributed by atoms with Gasteiger partial charge in [0.15, 0.2) is 5.16 Å². The zero-order valence-electron chi connectivity index (χ0n) is 32.7. The van der Waals surface area contributed by atoms with Gasteiger partial charge in [-0.1, -0.05) is 25.6 Å². The Morgan fingerprint density at radius 3 is 2.11 bits per heavy atom. The number of rotatable bonds is 12. The molecule has 3 fully saturated rings. The van der Waals surface area contributed by atoms with Crippen molar-refractivity contribution in [3.05, 3.63) is 107 Å². The first-order valence-electron chi connectivity index (χ1n) is 19.9. The molecule has 15 heteroatoms. The summed E-state index contributed by atoms with van der Waals surface area (Å²) < 4.78 is 53.4. The van der Waals surface area contributed by atoms with Crippen LogP contribution in [-0.4, -0.2) is 98.0 Å². The van der Waals surface area contributed by atoms with Crippen molar-refractivity contribution < 1.29 is 27.2 Å². The summed E-state index contributed by atoms with van der Waals surface area (Å²) in [5.74, 6) is -1.17. The molecule has 2 aromatic heterocycles. The van der Waals surface area contributed by atoms with Crippen LogP contribution in [0, 0.1) is 23.3 Å². The van der Waals surface area contributed by atoms with E-state index in [0.29, 0.717) is 41.9 Å². The number of hydrogen-bond acceptors (Lipinski definition) is 9. The number of amides is 2. The lowest BCUT2D eigenvalue weighted by Gasteiger charge is -2.32. The third-order valence-corrected chi connectivity index (χ3v) is 10.7. The fourth-order valence-corrected chi connectivity index (χ4v) is 7.83. The van der Waals surface area contributed by atoms with Crippen molar-refractivity contribution in [2.45, 2.75) is 82.8 Å². The number of benzene rings is 2. The zero-order valence-corrected chi connectivity index (χ0v) is 33.6. The molecule has 1 N–H and O–H groups in total. The summed E-state index contributed by atoms with van der Waals surface area (Å²) in [6, 6.07) is 9.96. The third-order valence-electron chi connectivity index (χ3n) is 9.85. The van der Waals surface area contributed by atoms with E-state index in [1.165, 1.54) is 49.8 Å². The van der Waals surface area contributed by atoms with Crippen molar-refractivity contribution in [1.82, 2.24) is 34.6 Å². The van der Waals surface area contributed by atoms with E-state index in [0.717, 1.165) is 93.9 Å². The van der Waals surface area contributed by atoms with Gasteiger partial charge < -0.3 is 20.0 Å². The first-order valence-corrected chi connectivity index (χ1v) is 20.9. The van der Waals surface area contributed by atoms with Gasteiger partial charge in [-0.05, 0) is 107 Å². The Morgan fingerprint density at radius 2 is 1.40 bits per heavy atom. The number of likely N-dealkylation sites (tertiary alicyclic amines) is 3. The fourth-order valence-electron chi connectivity index (χ4n) is 7.09. The SMILES string of the molecule is CC.Fc1cc(F)cc(CNc2ccnc(CCCN3CCCC3)n2)c1.O=C(CSc1nccc(C2CCCN(C(=O)c3cc(F)cc(F)c3)C2)n1)N1CCCC1. The highest BCUT2D eigenvalue weighted by atomic mass is 32.2. The maximum Gasteiger partial charge on any atom is 0.254 e. The van der Waals surface area contributed by atoms with Crippen molar-refractivity contribution in [2.75, 3.05) is 56.9 Å². The van der Waals surface area contributed by atoms with Crippen molar-refractivity contribution in [1.29, 1.82) is 0 Å². The van der Waals surface area contributed by atoms with Gasteiger partial charge in [0.2, 0.25) is 5.91 Å². The van der Waals surface area contributed by atoms with Crippen LogP contribution in [0.25, 0.3) is 0 Å². The van der Waals surface area contributed by atoms with Crippen molar-refractivity contribution in [3.63, 3.8) is 0 Å². The van der Waals surface area contributed by atoms with E-state index in [2.05, 4.69) is 30.2 Å². The first kappa shape index (κ1) is 43.5. The summed E-state index contributed by atoms with van der Waals surface area (Å²) in [5.41, 5.74) is 1.37. The predicted molar refractivity (Wildman–Crippen MR) is 214 cm³/mol. The number of nitrogens with one attached hydrogen (secondary N) is 1. The van der Waals surface area contributed by atoms with Crippen LogP contribution in [0.5, 0.6) is 0 Å². The number of thioether (sulfide) groups is 1. The number of aryl methyl sites for hydroxylation is 1. The normalized spacial score (nSPS) is 16.7. The van der Waals surface area contributed by atoms with E-state index in [1.807, 2.05) is 24.8 Å². The summed E-state index contributed by atoms with van der Waals surface area (Å²) in [6.07, 6.45) is 11.6. The molecule has 2 aromatic carbocycles. The summed E-state index contributed by atoms with van der Waals surface area (Å²) in [6.45, 7) is 10.4. The molecule has 0 bridgehead atoms. The molecule has 7 rings (SSSR count). The Balaban J connectivity index is 0.000000215. The molecule has 10 nitrogen and oxygen atoms in total. The van der Waals surface area contributed by atoms with E-state index >= 15 is 0 Å². The molecule has 2 amide bonds. The predicted octanol–water partition coefficient (Wildman–Crippen LogP) is 7.91. The van der Waals surface area contributed by atoms with Crippen LogP contribution in [0.15, 0.2) is 66.1 Å². The third kappa shape index (κ3) is 13.8. The second-order valence-corrected chi connectivity index (χ2v) is 15.0. The van der Waals surface area contributed by atoms with E-state index in [9.17, 15) is 27.2 Å². The lowest BCUT2D eigenvalue weighted by Crippen LogP contribution is -2.39. The molecule has 0 aliphatic carbocycles. The molecule has 5 heterocycles. The zero-order chi connectivity index (χ0) is 40.6. The molecule has 57 heavy (non-hydrogen) atoms. The number of halogens is 4. The topological polar surface area (TPSA) is 107 Å². The number of hydrogen-bond donors (Lipinski definition) is 1. The van der Waals surface area contributed by atoms with Crippen LogP contribution in [0.1, 0.15) is 92.2 Å². The molecule has 0 saturated carbocycles. The van der Waals surface area contributed by atoms with Crippen LogP contribution in [0.4, 0.5) is 23.4 Å². The minimum atomic E-state index is -0.766. The smallest absolute Gasteiger partial charge is 0.254 e. The Labute approximate surface area is 336 Å². The number of piperidine rings is 1. The number of aromatic nitrogens is 4. The van der Waals surface area contributed by atoms with Gasteiger partial charge in [0.1, 0.15) is 34.9 Å². The minimum Gasteiger partial charge on any atom is -0.366 e. The summed E-state index contributed by atoms with van der Waals surface area (Å²) >= 11 is 1.32. The Kier molecular flexibility index (Phi) is 17.1. The summed E-state index contributed by atoms with van der Waals surface area (Å²) in [4.78, 5) is 48.6. The quantitative estimate of drug-likeness (QED) is 0.0869. The molecule has 3 saturated heterocycles. The summed E-state index contributed by atoms with van der Waals surface area (Å²) in [7, 11) is 0. The van der Waals surface area contributed by atoms with Gasteiger partial charge in [0, 0.05) is 80.8 Å². The molecule has 1 unspecified atom stereocenters. The number of carbonyl (C=O) groups is 2. The maximum atomic E-state index is 13.5. The molecule has 3 aliphatic heterocycles. The van der Waals surface area contributed by atoms with Gasteiger partial charge in [0.25, 0.3) is 5.91 Å². The summed E-state index contributed by atoms with van der Waals surface area (Å²) in [5, 5.41) is 3.63. The van der Waals surface area contributed by atoms with Crippen LogP contribution in [0.3, 0.4) is 0 Å². The van der Waals surface area contributed by atoms with Crippen LogP contribution in [0.2, 0.25) is 0 Å². The van der Waals surface area contributed by atoms with Gasteiger partial charge >= 0.3 is 0 Å². The van der Waals surface area contributed by atoms with Crippen LogP contribution in [-0.2, 0) is 17.8 Å².